The van der Waals surface area contributed by atoms with E-state index in [-0.39, 0.29) is 29.8 Å². The number of nitrogens with one attached hydrogen (secondary N) is 1. The molecule has 1 heterocycles. The number of amides is 2. The minimum absolute atomic E-state index is 0.0617. The van der Waals surface area contributed by atoms with Crippen molar-refractivity contribution in [3.8, 4) is 22.1 Å². The quantitative estimate of drug-likeness (QED) is 0.186. The fourth-order valence-corrected chi connectivity index (χ4v) is 5.16. The summed E-state index contributed by atoms with van der Waals surface area (Å²) in [6.45, 7) is 0.533. The molecule has 4 aromatic rings. The molecule has 0 aliphatic heterocycles. The van der Waals surface area contributed by atoms with Crippen molar-refractivity contribution in [2.75, 3.05) is 32.6 Å². The average molecular weight is 664 g/mol. The summed E-state index contributed by atoms with van der Waals surface area (Å²) >= 11 is 16.9. The number of ether oxygens (including phenoxy) is 2. The van der Waals surface area contributed by atoms with Crippen LogP contribution in [-0.2, 0) is 11.2 Å². The van der Waals surface area contributed by atoms with E-state index in [1.807, 2.05) is 42.5 Å². The number of anilines is 1. The van der Waals surface area contributed by atoms with Crippen LogP contribution in [0.25, 0.3) is 10.6 Å². The number of rotatable bonds is 11. The van der Waals surface area contributed by atoms with Crippen LogP contribution in [0.15, 0.2) is 65.1 Å². The summed E-state index contributed by atoms with van der Waals surface area (Å²) in [5.41, 5.74) is 2.23. The number of carbonyl (C=O) groups excluding carboxylic acids is 2. The van der Waals surface area contributed by atoms with Gasteiger partial charge in [0.2, 0.25) is 11.0 Å². The van der Waals surface area contributed by atoms with Crippen molar-refractivity contribution in [3.63, 3.8) is 0 Å². The first-order valence-electron chi connectivity index (χ1n) is 12.1. The van der Waals surface area contributed by atoms with E-state index in [9.17, 15) is 9.59 Å². The van der Waals surface area contributed by atoms with Crippen molar-refractivity contribution in [3.05, 3.63) is 86.3 Å². The number of nitrogens with zero attached hydrogens (tertiary/aromatic N) is 3. The number of hydrogen-bond donors (Lipinski definition) is 1. The van der Waals surface area contributed by atoms with E-state index in [0.717, 1.165) is 15.6 Å². The first-order chi connectivity index (χ1) is 19.3. The maximum Gasteiger partial charge on any atom is 0.253 e. The second-order valence-corrected chi connectivity index (χ2v) is 11.3. The summed E-state index contributed by atoms with van der Waals surface area (Å²) in [5.74, 6) is 0.671. The Bertz CT molecular complexity index is 1500. The van der Waals surface area contributed by atoms with Gasteiger partial charge in [-0.15, -0.1) is 10.2 Å². The highest BCUT2D eigenvalue weighted by molar-refractivity contribution is 9.10. The molecule has 4 rings (SSSR count). The lowest BCUT2D eigenvalue weighted by Gasteiger charge is -2.23. The van der Waals surface area contributed by atoms with Crippen LogP contribution in [0.3, 0.4) is 0 Å². The minimum atomic E-state index is -0.281. The predicted molar refractivity (Wildman–Crippen MR) is 162 cm³/mol. The molecule has 1 N–H and O–H groups in total. The summed E-state index contributed by atoms with van der Waals surface area (Å²) in [6, 6.07) is 18.0. The van der Waals surface area contributed by atoms with Crippen LogP contribution in [-0.4, -0.2) is 54.2 Å². The Balaban J connectivity index is 1.44. The Kier molecular flexibility index (Phi) is 10.4. The van der Waals surface area contributed by atoms with E-state index >= 15 is 0 Å². The van der Waals surface area contributed by atoms with E-state index in [1.54, 1.807) is 31.3 Å². The van der Waals surface area contributed by atoms with Crippen LogP contribution >= 0.6 is 50.5 Å². The molecule has 0 radical (unpaired) electrons. The van der Waals surface area contributed by atoms with Gasteiger partial charge in [0.25, 0.3) is 5.91 Å². The molecule has 2 amide bonds. The molecule has 0 spiro atoms. The molecular weight excluding hydrogens is 639 g/mol. The first-order valence-corrected chi connectivity index (χ1v) is 14.5. The number of hydrogen-bond acceptors (Lipinski definition) is 7. The Morgan fingerprint density at radius 2 is 1.68 bits per heavy atom. The average Bonchev–Trinajstić information content (AvgIpc) is 3.42. The Labute approximate surface area is 254 Å². The molecule has 0 aliphatic rings. The fraction of sp³-hybridized carbons (Fsp3) is 0.214. The summed E-state index contributed by atoms with van der Waals surface area (Å²) in [7, 11) is 3.14. The van der Waals surface area contributed by atoms with Crippen molar-refractivity contribution in [1.29, 1.82) is 0 Å². The molecule has 40 heavy (non-hydrogen) atoms. The van der Waals surface area contributed by atoms with Gasteiger partial charge in [-0.2, -0.15) is 0 Å². The van der Waals surface area contributed by atoms with Crippen LogP contribution in [0, 0.1) is 0 Å². The van der Waals surface area contributed by atoms with Gasteiger partial charge in [-0.25, -0.2) is 0 Å². The molecule has 0 aliphatic carbocycles. The third-order valence-electron chi connectivity index (χ3n) is 5.94. The lowest BCUT2D eigenvalue weighted by Crippen LogP contribution is -2.35. The van der Waals surface area contributed by atoms with Crippen LogP contribution in [0.4, 0.5) is 5.13 Å². The Morgan fingerprint density at radius 3 is 2.38 bits per heavy atom. The third-order valence-corrected chi connectivity index (χ3v) is 8.10. The van der Waals surface area contributed by atoms with Gasteiger partial charge in [-0.1, -0.05) is 68.7 Å². The molecule has 0 fully saturated rings. The molecule has 0 saturated heterocycles. The second kappa shape index (κ2) is 13.9. The van der Waals surface area contributed by atoms with E-state index in [0.29, 0.717) is 45.2 Å². The summed E-state index contributed by atoms with van der Waals surface area (Å²) in [5, 5.41) is 12.7. The highest BCUT2D eigenvalue weighted by Gasteiger charge is 2.19. The fourth-order valence-electron chi connectivity index (χ4n) is 3.83. The Morgan fingerprint density at radius 1 is 0.925 bits per heavy atom. The highest BCUT2D eigenvalue weighted by atomic mass is 79.9. The predicted octanol–water partition coefficient (Wildman–Crippen LogP) is 7.01. The molecule has 0 saturated carbocycles. The van der Waals surface area contributed by atoms with E-state index < -0.39 is 0 Å². The monoisotopic (exact) mass is 662 g/mol. The minimum Gasteiger partial charge on any atom is -0.493 e. The van der Waals surface area contributed by atoms with Gasteiger partial charge in [-0.3, -0.25) is 9.59 Å². The lowest BCUT2D eigenvalue weighted by atomic mass is 10.1. The molecule has 0 atom stereocenters. The molecule has 3 aromatic carbocycles. The smallest absolute Gasteiger partial charge is 0.253 e. The molecule has 12 heteroatoms. The number of aromatic nitrogens is 2. The summed E-state index contributed by atoms with van der Waals surface area (Å²) < 4.78 is 11.7. The van der Waals surface area contributed by atoms with E-state index in [2.05, 4.69) is 31.4 Å². The number of benzene rings is 3. The Hall–Kier alpha value is -3.18. The van der Waals surface area contributed by atoms with Crippen LogP contribution < -0.4 is 14.8 Å². The summed E-state index contributed by atoms with van der Waals surface area (Å²) in [6.07, 6.45) is 0.591. The normalized spacial score (nSPS) is 10.7. The third kappa shape index (κ3) is 7.72. The van der Waals surface area contributed by atoms with Gasteiger partial charge >= 0.3 is 0 Å². The number of methoxy groups -OCH3 is 2. The van der Waals surface area contributed by atoms with Crippen LogP contribution in [0.1, 0.15) is 22.3 Å². The molecule has 8 nitrogen and oxygen atoms in total. The van der Waals surface area contributed by atoms with Crippen LogP contribution in [0.2, 0.25) is 10.0 Å². The molecule has 0 bridgehead atoms. The van der Waals surface area contributed by atoms with Gasteiger partial charge in [0, 0.05) is 35.1 Å². The zero-order chi connectivity index (χ0) is 28.6. The van der Waals surface area contributed by atoms with Gasteiger partial charge in [0.1, 0.15) is 5.01 Å². The number of carbonyl (C=O) groups is 2. The largest absolute Gasteiger partial charge is 0.493 e. The molecule has 0 unspecified atom stereocenters. The van der Waals surface area contributed by atoms with E-state index in [4.69, 9.17) is 32.7 Å². The zero-order valence-electron chi connectivity index (χ0n) is 21.6. The van der Waals surface area contributed by atoms with Gasteiger partial charge in [0.05, 0.1) is 24.3 Å². The maximum atomic E-state index is 13.4. The summed E-state index contributed by atoms with van der Waals surface area (Å²) in [4.78, 5) is 27.9. The van der Waals surface area contributed by atoms with Gasteiger partial charge in [-0.05, 0) is 54.4 Å². The molecule has 208 valence electrons. The van der Waals surface area contributed by atoms with E-state index in [1.165, 1.54) is 17.4 Å². The number of halogens is 3. The standard InChI is InChI=1S/C28H25BrCl2N4O4S/c1-38-23-10-3-17(15-24(23)39-2)11-13-35(27(37)19-6-9-21(30)22(31)16-19)14-12-25(36)32-28-34-33-26(40-28)18-4-7-20(29)8-5-18/h3-10,15-16H,11-14H2,1-2H3,(H,32,34,36). The van der Waals surface area contributed by atoms with Crippen molar-refractivity contribution in [2.24, 2.45) is 0 Å². The first kappa shape index (κ1) is 29.8. The molecule has 1 aromatic heterocycles. The highest BCUT2D eigenvalue weighted by Crippen LogP contribution is 2.29. The van der Waals surface area contributed by atoms with Crippen LogP contribution in [0.5, 0.6) is 11.5 Å². The van der Waals surface area contributed by atoms with Gasteiger partial charge < -0.3 is 19.7 Å². The van der Waals surface area contributed by atoms with Crippen molar-refractivity contribution in [1.82, 2.24) is 15.1 Å². The topological polar surface area (TPSA) is 93.6 Å². The van der Waals surface area contributed by atoms with Gasteiger partial charge in [0.15, 0.2) is 11.5 Å². The second-order valence-electron chi connectivity index (χ2n) is 8.58. The maximum absolute atomic E-state index is 13.4. The lowest BCUT2D eigenvalue weighted by molar-refractivity contribution is -0.116. The zero-order valence-corrected chi connectivity index (χ0v) is 25.5. The molecular formula is C28H25BrCl2N4O4S. The van der Waals surface area contributed by atoms with Crippen molar-refractivity contribution < 1.29 is 19.1 Å². The SMILES string of the molecule is COc1ccc(CCN(CCC(=O)Nc2nnc(-c3ccc(Br)cc3)s2)C(=O)c2ccc(Cl)c(Cl)c2)cc1OC. The van der Waals surface area contributed by atoms with Crippen molar-refractivity contribution in [2.45, 2.75) is 12.8 Å². The van der Waals surface area contributed by atoms with Crippen molar-refractivity contribution >= 4 is 67.4 Å².